The molecule has 0 bridgehead atoms. The number of hydrogen-bond donors (Lipinski definition) is 1. The van der Waals surface area contributed by atoms with Crippen LogP contribution in [0.1, 0.15) is 23.6 Å². The Morgan fingerprint density at radius 3 is 2.94 bits per heavy atom. The summed E-state index contributed by atoms with van der Waals surface area (Å²) < 4.78 is 5.92. The van der Waals surface area contributed by atoms with Crippen molar-refractivity contribution in [2.45, 2.75) is 13.0 Å². The van der Waals surface area contributed by atoms with E-state index in [1.165, 1.54) is 17.4 Å². The zero-order valence-corrected chi connectivity index (χ0v) is 11.3. The lowest BCUT2D eigenvalue weighted by molar-refractivity contribution is -0.117. The molecule has 0 spiro atoms. The minimum Gasteiger partial charge on any atom is -0.467 e. The summed E-state index contributed by atoms with van der Waals surface area (Å²) in [7, 11) is 0. The minimum atomic E-state index is -0.163. The molecule has 3 nitrogen and oxygen atoms in total. The number of carbonyl (C=O) groups excluding carboxylic acids is 1. The molecule has 0 aliphatic rings. The molecule has 2 aromatic heterocycles. The molecule has 1 amide bonds. The highest BCUT2D eigenvalue weighted by Gasteiger charge is 2.09. The molecule has 1 unspecified atom stereocenters. The van der Waals surface area contributed by atoms with Crippen LogP contribution >= 0.6 is 22.9 Å². The maximum absolute atomic E-state index is 11.7. The number of rotatable bonds is 4. The van der Waals surface area contributed by atoms with E-state index in [4.69, 9.17) is 16.0 Å². The fourth-order valence-corrected chi connectivity index (χ4v) is 2.41. The third-order valence-corrected chi connectivity index (χ3v) is 3.52. The molecule has 0 saturated carbocycles. The van der Waals surface area contributed by atoms with Crippen LogP contribution in [0.2, 0.25) is 4.34 Å². The van der Waals surface area contributed by atoms with Crippen LogP contribution in [0.5, 0.6) is 0 Å². The van der Waals surface area contributed by atoms with Crippen LogP contribution in [0, 0.1) is 0 Å². The highest BCUT2D eigenvalue weighted by molar-refractivity contribution is 7.17. The van der Waals surface area contributed by atoms with Gasteiger partial charge in [0.25, 0.3) is 0 Å². The van der Waals surface area contributed by atoms with Crippen LogP contribution in [-0.4, -0.2) is 5.91 Å². The average molecular weight is 282 g/mol. The number of carbonyl (C=O) groups is 1. The fourth-order valence-electron chi connectivity index (χ4n) is 1.45. The Balaban J connectivity index is 1.91. The molecular weight excluding hydrogens is 270 g/mol. The third kappa shape index (κ3) is 3.48. The molecule has 2 heterocycles. The van der Waals surface area contributed by atoms with Crippen molar-refractivity contribution in [3.8, 4) is 0 Å². The zero-order chi connectivity index (χ0) is 13.0. The van der Waals surface area contributed by atoms with E-state index in [1.807, 2.05) is 19.1 Å². The lowest BCUT2D eigenvalue weighted by Gasteiger charge is -2.08. The Labute approximate surface area is 114 Å². The molecule has 5 heteroatoms. The second kappa shape index (κ2) is 5.89. The van der Waals surface area contributed by atoms with Gasteiger partial charge in [0.2, 0.25) is 5.91 Å². The first-order chi connectivity index (χ1) is 8.65. The van der Waals surface area contributed by atoms with Crippen molar-refractivity contribution in [1.29, 1.82) is 0 Å². The first-order valence-corrected chi connectivity index (χ1v) is 6.62. The Bertz CT molecular complexity index is 545. The van der Waals surface area contributed by atoms with Gasteiger partial charge in [-0.2, -0.15) is 0 Å². The molecule has 0 aliphatic carbocycles. The van der Waals surface area contributed by atoms with Gasteiger partial charge in [0.1, 0.15) is 5.76 Å². The normalized spacial score (nSPS) is 12.8. The molecule has 0 saturated heterocycles. The van der Waals surface area contributed by atoms with E-state index in [-0.39, 0.29) is 11.9 Å². The quantitative estimate of drug-likeness (QED) is 0.864. The number of furan rings is 1. The lowest BCUT2D eigenvalue weighted by Crippen LogP contribution is -2.24. The van der Waals surface area contributed by atoms with Gasteiger partial charge in [0.15, 0.2) is 0 Å². The SMILES string of the molecule is CC(NC(=O)/C=C/c1ccc(Cl)s1)c1ccco1. The maximum Gasteiger partial charge on any atom is 0.244 e. The Morgan fingerprint density at radius 2 is 2.33 bits per heavy atom. The van der Waals surface area contributed by atoms with Crippen molar-refractivity contribution in [1.82, 2.24) is 5.32 Å². The summed E-state index contributed by atoms with van der Waals surface area (Å²) in [5.41, 5.74) is 0. The van der Waals surface area contributed by atoms with Crippen molar-refractivity contribution in [2.24, 2.45) is 0 Å². The summed E-state index contributed by atoms with van der Waals surface area (Å²) >= 11 is 7.23. The van der Waals surface area contributed by atoms with Crippen molar-refractivity contribution < 1.29 is 9.21 Å². The number of nitrogens with one attached hydrogen (secondary N) is 1. The molecule has 94 valence electrons. The third-order valence-electron chi connectivity index (χ3n) is 2.32. The van der Waals surface area contributed by atoms with Crippen LogP contribution in [-0.2, 0) is 4.79 Å². The Morgan fingerprint density at radius 1 is 1.50 bits per heavy atom. The van der Waals surface area contributed by atoms with Crippen LogP contribution in [0.4, 0.5) is 0 Å². The van der Waals surface area contributed by atoms with Gasteiger partial charge in [-0.25, -0.2) is 0 Å². The molecule has 18 heavy (non-hydrogen) atoms. The molecule has 1 N–H and O–H groups in total. The lowest BCUT2D eigenvalue weighted by atomic mass is 10.2. The summed E-state index contributed by atoms with van der Waals surface area (Å²) in [6.45, 7) is 1.87. The van der Waals surface area contributed by atoms with Gasteiger partial charge in [0, 0.05) is 11.0 Å². The van der Waals surface area contributed by atoms with Crippen LogP contribution < -0.4 is 5.32 Å². The van der Waals surface area contributed by atoms with Gasteiger partial charge >= 0.3 is 0 Å². The Hall–Kier alpha value is -1.52. The number of amides is 1. The summed E-state index contributed by atoms with van der Waals surface area (Å²) in [4.78, 5) is 12.6. The Kier molecular flexibility index (Phi) is 4.23. The van der Waals surface area contributed by atoms with Crippen LogP contribution in [0.25, 0.3) is 6.08 Å². The second-order valence-electron chi connectivity index (χ2n) is 3.72. The van der Waals surface area contributed by atoms with Gasteiger partial charge in [0.05, 0.1) is 16.6 Å². The number of thiophene rings is 1. The minimum absolute atomic E-state index is 0.149. The maximum atomic E-state index is 11.7. The number of hydrogen-bond acceptors (Lipinski definition) is 3. The highest BCUT2D eigenvalue weighted by atomic mass is 35.5. The number of halogens is 1. The van der Waals surface area contributed by atoms with Crippen LogP contribution in [0.3, 0.4) is 0 Å². The van der Waals surface area contributed by atoms with E-state index in [0.717, 1.165) is 10.6 Å². The van der Waals surface area contributed by atoms with E-state index in [2.05, 4.69) is 5.32 Å². The molecular formula is C13H12ClNO2S. The van der Waals surface area contributed by atoms with E-state index < -0.39 is 0 Å². The zero-order valence-electron chi connectivity index (χ0n) is 9.72. The monoisotopic (exact) mass is 281 g/mol. The average Bonchev–Trinajstić information content (AvgIpc) is 2.97. The summed E-state index contributed by atoms with van der Waals surface area (Å²) in [6, 6.07) is 7.14. The van der Waals surface area contributed by atoms with E-state index in [1.54, 1.807) is 24.5 Å². The second-order valence-corrected chi connectivity index (χ2v) is 5.47. The molecule has 0 fully saturated rings. The summed E-state index contributed by atoms with van der Waals surface area (Å²) in [6.07, 6.45) is 4.81. The molecule has 0 radical (unpaired) electrons. The molecule has 0 aromatic carbocycles. The largest absolute Gasteiger partial charge is 0.467 e. The van der Waals surface area contributed by atoms with Crippen molar-refractivity contribution >= 4 is 34.9 Å². The van der Waals surface area contributed by atoms with Crippen molar-refractivity contribution in [2.75, 3.05) is 0 Å². The molecule has 1 atom stereocenters. The van der Waals surface area contributed by atoms with Crippen LogP contribution in [0.15, 0.2) is 41.0 Å². The smallest absolute Gasteiger partial charge is 0.244 e. The molecule has 2 aromatic rings. The first kappa shape index (κ1) is 12.9. The van der Waals surface area contributed by atoms with Crippen molar-refractivity contribution in [3.05, 3.63) is 51.6 Å². The molecule has 2 rings (SSSR count). The highest BCUT2D eigenvalue weighted by Crippen LogP contribution is 2.22. The standard InChI is InChI=1S/C13H12ClNO2S/c1-9(11-3-2-8-17-11)15-13(16)7-5-10-4-6-12(14)18-10/h2-9H,1H3,(H,15,16)/b7-5+. The summed E-state index contributed by atoms with van der Waals surface area (Å²) in [5, 5.41) is 2.81. The van der Waals surface area contributed by atoms with Gasteiger partial charge in [-0.15, -0.1) is 11.3 Å². The van der Waals surface area contributed by atoms with E-state index >= 15 is 0 Å². The fraction of sp³-hybridized carbons (Fsp3) is 0.154. The van der Waals surface area contributed by atoms with E-state index in [0.29, 0.717) is 4.34 Å². The van der Waals surface area contributed by atoms with Crippen molar-refractivity contribution in [3.63, 3.8) is 0 Å². The summed E-state index contributed by atoms with van der Waals surface area (Å²) in [5.74, 6) is 0.569. The predicted molar refractivity (Wildman–Crippen MR) is 73.6 cm³/mol. The van der Waals surface area contributed by atoms with Gasteiger partial charge in [-0.05, 0) is 37.3 Å². The topological polar surface area (TPSA) is 42.2 Å². The van der Waals surface area contributed by atoms with Gasteiger partial charge < -0.3 is 9.73 Å². The van der Waals surface area contributed by atoms with Gasteiger partial charge in [-0.1, -0.05) is 11.6 Å². The first-order valence-electron chi connectivity index (χ1n) is 5.42. The van der Waals surface area contributed by atoms with Gasteiger partial charge in [-0.3, -0.25) is 4.79 Å². The molecule has 0 aliphatic heterocycles. The van der Waals surface area contributed by atoms with E-state index in [9.17, 15) is 4.79 Å². The predicted octanol–water partition coefficient (Wildman–Crippen LogP) is 3.89.